The summed E-state index contributed by atoms with van der Waals surface area (Å²) in [6.07, 6.45) is -1.37. The molecule has 4 N–H and O–H groups in total. The monoisotopic (exact) mass is 564 g/mol. The first-order chi connectivity index (χ1) is 18.5. The van der Waals surface area contributed by atoms with Crippen LogP contribution in [0.3, 0.4) is 0 Å². The Kier molecular flexibility index (Phi) is 6.54. The molecule has 1 aliphatic heterocycles. The molecule has 0 aromatic carbocycles. The van der Waals surface area contributed by atoms with Gasteiger partial charge in [0.1, 0.15) is 17.8 Å². The maximum atomic E-state index is 13.4. The lowest BCUT2D eigenvalue weighted by atomic mass is 9.58. The Morgan fingerprint density at radius 3 is 2.23 bits per heavy atom. The average molecular weight is 565 g/mol. The third kappa shape index (κ3) is 3.20. The Labute approximate surface area is 235 Å². The number of hydrogen-bond donors (Lipinski definition) is 4. The van der Waals surface area contributed by atoms with Gasteiger partial charge >= 0.3 is 11.9 Å². The third-order valence-corrected chi connectivity index (χ3v) is 11.5. The second kappa shape index (κ2) is 8.83. The summed E-state index contributed by atoms with van der Waals surface area (Å²) in [7, 11) is 0. The van der Waals surface area contributed by atoms with Gasteiger partial charge in [-0.2, -0.15) is 0 Å². The normalized spacial score (nSPS) is 49.2. The number of Topliss-reactive ketones (excluding diaryl/α,β-unsaturated/α-hetero) is 1. The van der Waals surface area contributed by atoms with Crippen LogP contribution in [-0.2, 0) is 28.6 Å². The topological polar surface area (TPSA) is 163 Å². The van der Waals surface area contributed by atoms with Gasteiger partial charge in [0.2, 0.25) is 0 Å². The summed E-state index contributed by atoms with van der Waals surface area (Å²) < 4.78 is 18.5. The predicted molar refractivity (Wildman–Crippen MR) is 140 cm³/mol. The molecule has 1 saturated heterocycles. The summed E-state index contributed by atoms with van der Waals surface area (Å²) in [6.45, 7) is 13.4. The van der Waals surface area contributed by atoms with Gasteiger partial charge in [0.15, 0.2) is 17.0 Å². The van der Waals surface area contributed by atoms with Gasteiger partial charge in [-0.15, -0.1) is 0 Å². The van der Waals surface area contributed by atoms with E-state index in [0.717, 1.165) is 0 Å². The van der Waals surface area contributed by atoms with Crippen LogP contribution in [0.25, 0.3) is 0 Å². The zero-order valence-corrected chi connectivity index (χ0v) is 24.6. The molecular formula is C30H44O10. The minimum atomic E-state index is -2.48. The number of ether oxygens (including phenoxy) is 3. The van der Waals surface area contributed by atoms with Crippen molar-refractivity contribution in [2.75, 3.05) is 6.61 Å². The highest BCUT2D eigenvalue weighted by molar-refractivity contribution is 6.05. The number of hydrogen-bond acceptors (Lipinski definition) is 10. The van der Waals surface area contributed by atoms with E-state index in [0.29, 0.717) is 12.8 Å². The molecule has 224 valence electrons. The van der Waals surface area contributed by atoms with E-state index in [-0.39, 0.29) is 5.57 Å². The summed E-state index contributed by atoms with van der Waals surface area (Å²) in [6, 6.07) is 0. The third-order valence-electron chi connectivity index (χ3n) is 11.5. The number of aliphatic hydroxyl groups excluding tert-OH is 2. The molecule has 0 aromatic heterocycles. The molecule has 0 aromatic rings. The number of epoxide rings is 1. The molecule has 10 heteroatoms. The van der Waals surface area contributed by atoms with Crippen molar-refractivity contribution in [2.24, 2.45) is 40.9 Å². The highest BCUT2D eigenvalue weighted by atomic mass is 16.6. The molecule has 0 radical (unpaired) electrons. The highest BCUT2D eigenvalue weighted by Gasteiger charge is 2.93. The molecule has 13 atom stereocenters. The zero-order chi connectivity index (χ0) is 30.0. The van der Waals surface area contributed by atoms with Crippen molar-refractivity contribution in [2.45, 2.75) is 109 Å². The lowest BCUT2D eigenvalue weighted by molar-refractivity contribution is -0.246. The van der Waals surface area contributed by atoms with E-state index in [9.17, 15) is 34.8 Å². The van der Waals surface area contributed by atoms with Crippen LogP contribution in [0.1, 0.15) is 68.2 Å². The maximum absolute atomic E-state index is 13.4. The molecule has 0 bridgehead atoms. The lowest BCUT2D eigenvalue weighted by Crippen LogP contribution is -2.69. The standard InChI is InChI=1S/C30H44O10/c1-9-13(3)23(33)38-21-16(6)28(36)17-11-15(5)20(32)29(17,37)25(35)27(12-31)22(39-27)18(28)19-26(7,8)30(19,21)40-24(34)14(4)10-2/h11,13-14,16-19,21-22,25,31,35-37H,9-10,12H2,1-8H3. The predicted octanol–water partition coefficient (Wildman–Crippen LogP) is 1.31. The van der Waals surface area contributed by atoms with E-state index in [1.54, 1.807) is 20.8 Å². The van der Waals surface area contributed by atoms with Crippen molar-refractivity contribution in [3.63, 3.8) is 0 Å². The van der Waals surface area contributed by atoms with Crippen LogP contribution in [0, 0.1) is 40.9 Å². The Morgan fingerprint density at radius 1 is 1.10 bits per heavy atom. The largest absolute Gasteiger partial charge is 0.457 e. The zero-order valence-electron chi connectivity index (χ0n) is 24.6. The van der Waals surface area contributed by atoms with E-state index >= 15 is 0 Å². The highest BCUT2D eigenvalue weighted by Crippen LogP contribution is 2.80. The summed E-state index contributed by atoms with van der Waals surface area (Å²) in [5.41, 5.74) is -8.11. The first-order valence-electron chi connectivity index (χ1n) is 14.6. The van der Waals surface area contributed by atoms with Gasteiger partial charge in [0.05, 0.1) is 30.1 Å². The number of rotatable bonds is 7. The van der Waals surface area contributed by atoms with Gasteiger partial charge in [-0.25, -0.2) is 0 Å². The Hall–Kier alpha value is -1.85. The van der Waals surface area contributed by atoms with Crippen LogP contribution in [-0.4, -0.2) is 85.5 Å². The van der Waals surface area contributed by atoms with Crippen molar-refractivity contribution in [3.8, 4) is 0 Å². The van der Waals surface area contributed by atoms with Gasteiger partial charge in [-0.05, 0) is 25.3 Å². The minimum absolute atomic E-state index is 0.168. The van der Waals surface area contributed by atoms with Crippen LogP contribution < -0.4 is 0 Å². The lowest BCUT2D eigenvalue weighted by Gasteiger charge is -2.53. The number of carbonyl (C=O) groups excluding carboxylic acids is 3. The van der Waals surface area contributed by atoms with Crippen molar-refractivity contribution < 1.29 is 49.0 Å². The molecule has 5 aliphatic rings. The molecule has 5 rings (SSSR count). The Morgan fingerprint density at radius 2 is 1.68 bits per heavy atom. The number of esters is 2. The minimum Gasteiger partial charge on any atom is -0.457 e. The van der Waals surface area contributed by atoms with Gasteiger partial charge < -0.3 is 34.6 Å². The van der Waals surface area contributed by atoms with Crippen molar-refractivity contribution in [1.82, 2.24) is 0 Å². The van der Waals surface area contributed by atoms with Crippen LogP contribution in [0.2, 0.25) is 0 Å². The Balaban J connectivity index is 1.73. The van der Waals surface area contributed by atoms with Crippen LogP contribution in [0.4, 0.5) is 0 Å². The molecule has 10 nitrogen and oxygen atoms in total. The molecule has 0 amide bonds. The maximum Gasteiger partial charge on any atom is 0.309 e. The second-order valence-electron chi connectivity index (χ2n) is 13.6. The fourth-order valence-corrected chi connectivity index (χ4v) is 8.51. The van der Waals surface area contributed by atoms with Crippen molar-refractivity contribution >= 4 is 17.7 Å². The van der Waals surface area contributed by atoms with Gasteiger partial charge in [-0.1, -0.05) is 54.5 Å². The molecule has 0 spiro atoms. The number of ketones is 1. The molecule has 13 unspecified atom stereocenters. The summed E-state index contributed by atoms with van der Waals surface area (Å²) in [5.74, 6) is -6.37. The number of carbonyl (C=O) groups is 3. The van der Waals surface area contributed by atoms with E-state index in [1.165, 1.54) is 13.0 Å². The molecular weight excluding hydrogens is 520 g/mol. The summed E-state index contributed by atoms with van der Waals surface area (Å²) in [5, 5.41) is 46.8. The number of fused-ring (bicyclic) bond motifs is 7. The van der Waals surface area contributed by atoms with Gasteiger partial charge in [0, 0.05) is 29.1 Å². The first-order valence-corrected chi connectivity index (χ1v) is 14.6. The fourth-order valence-electron chi connectivity index (χ4n) is 8.51. The SMILES string of the molecule is CCC(C)C(=O)OC1C(C)C2(O)C(C3OC3(CO)C(O)C3(O)C(=O)C(C)=CC32)C2C(C)(C)C12OC(=O)C(C)CC. The average Bonchev–Trinajstić information content (AvgIpc) is 3.75. The van der Waals surface area contributed by atoms with Crippen LogP contribution in [0.5, 0.6) is 0 Å². The van der Waals surface area contributed by atoms with Crippen molar-refractivity contribution in [3.05, 3.63) is 11.6 Å². The molecule has 4 aliphatic carbocycles. The van der Waals surface area contributed by atoms with Gasteiger partial charge in [-0.3, -0.25) is 14.4 Å². The Bertz CT molecular complexity index is 1160. The van der Waals surface area contributed by atoms with E-state index in [4.69, 9.17) is 14.2 Å². The molecule has 1 heterocycles. The molecule has 4 fully saturated rings. The second-order valence-corrected chi connectivity index (χ2v) is 13.6. The first kappa shape index (κ1) is 29.6. The van der Waals surface area contributed by atoms with Gasteiger partial charge in [0.25, 0.3) is 0 Å². The number of aliphatic hydroxyl groups is 4. The quantitative estimate of drug-likeness (QED) is 0.262. The summed E-state index contributed by atoms with van der Waals surface area (Å²) >= 11 is 0. The van der Waals surface area contributed by atoms with E-state index in [1.807, 2.05) is 27.7 Å². The van der Waals surface area contributed by atoms with Crippen molar-refractivity contribution in [1.29, 1.82) is 0 Å². The fraction of sp³-hybridized carbons (Fsp3) is 0.833. The summed E-state index contributed by atoms with van der Waals surface area (Å²) in [4.78, 5) is 40.0. The molecule has 3 saturated carbocycles. The van der Waals surface area contributed by atoms with E-state index < -0.39 is 106 Å². The smallest absolute Gasteiger partial charge is 0.309 e. The van der Waals surface area contributed by atoms with Crippen LogP contribution >= 0.6 is 0 Å². The van der Waals surface area contributed by atoms with Crippen LogP contribution in [0.15, 0.2) is 11.6 Å². The molecule has 40 heavy (non-hydrogen) atoms. The van der Waals surface area contributed by atoms with E-state index in [2.05, 4.69) is 0 Å².